The minimum atomic E-state index is -1.58. The smallest absolute Gasteiger partial charge is 0.308 e. The molecule has 182 valence electrons. The van der Waals surface area contributed by atoms with E-state index in [9.17, 15) is 14.7 Å². The Morgan fingerprint density at radius 1 is 0.818 bits per heavy atom. The number of hydrogen-bond acceptors (Lipinski definition) is 5. The summed E-state index contributed by atoms with van der Waals surface area (Å²) < 4.78 is 11.6. The van der Waals surface area contributed by atoms with Crippen LogP contribution in [0.2, 0.25) is 0 Å². The minimum Gasteiger partial charge on any atom is -0.462 e. The molecule has 0 fully saturated rings. The van der Waals surface area contributed by atoms with E-state index in [4.69, 9.17) is 9.47 Å². The van der Waals surface area contributed by atoms with Crippen LogP contribution in [-0.4, -0.2) is 30.3 Å². The lowest BCUT2D eigenvalue weighted by molar-refractivity contribution is -0.168. The number of esters is 2. The largest absolute Gasteiger partial charge is 0.462 e. The highest BCUT2D eigenvalue weighted by molar-refractivity contribution is 9.10. The van der Waals surface area contributed by atoms with Crippen molar-refractivity contribution in [3.8, 4) is 0 Å². The van der Waals surface area contributed by atoms with Gasteiger partial charge in [0.25, 0.3) is 0 Å². The fraction of sp³-hybridized carbons (Fsp3) is 0.481. The fourth-order valence-electron chi connectivity index (χ4n) is 3.04. The van der Waals surface area contributed by atoms with E-state index >= 15 is 0 Å². The molecule has 6 heteroatoms. The first-order valence-electron chi connectivity index (χ1n) is 11.1. The number of carbonyl (C=O) groups excluding carboxylic acids is 2. The molecule has 0 bridgehead atoms. The van der Waals surface area contributed by atoms with Crippen LogP contribution in [0.3, 0.4) is 0 Å². The van der Waals surface area contributed by atoms with Gasteiger partial charge in [-0.15, -0.1) is 0 Å². The van der Waals surface area contributed by atoms with Crippen LogP contribution in [0.25, 0.3) is 0 Å². The van der Waals surface area contributed by atoms with Crippen molar-refractivity contribution in [1.29, 1.82) is 0 Å². The van der Waals surface area contributed by atoms with Gasteiger partial charge in [0.05, 0.1) is 11.8 Å². The SMILES string of the molecule is Cc1ccc(Br)c(C)c1.Cc1ccc(C(O)(COC(=O)C(C)C)COC(=O)C(C)C)c(C)c1. The summed E-state index contributed by atoms with van der Waals surface area (Å²) in [5.74, 6) is -1.42. The average Bonchev–Trinajstić information content (AvgIpc) is 2.73. The van der Waals surface area contributed by atoms with Crippen LogP contribution in [0.5, 0.6) is 0 Å². The molecule has 1 N–H and O–H groups in total. The number of benzene rings is 2. The summed E-state index contributed by atoms with van der Waals surface area (Å²) in [6, 6.07) is 11.9. The van der Waals surface area contributed by atoms with Crippen LogP contribution < -0.4 is 0 Å². The normalized spacial score (nSPS) is 11.2. The Hall–Kier alpha value is -2.18. The lowest BCUT2D eigenvalue weighted by atomic mass is 9.90. The maximum absolute atomic E-state index is 11.8. The molecule has 0 aliphatic carbocycles. The van der Waals surface area contributed by atoms with Gasteiger partial charge in [-0.3, -0.25) is 9.59 Å². The second kappa shape index (κ2) is 12.9. The molecule has 2 rings (SSSR count). The summed E-state index contributed by atoms with van der Waals surface area (Å²) >= 11 is 3.43. The second-order valence-electron chi connectivity index (χ2n) is 9.13. The van der Waals surface area contributed by atoms with E-state index < -0.39 is 17.5 Å². The van der Waals surface area contributed by atoms with E-state index in [0.29, 0.717) is 5.56 Å². The molecule has 0 saturated carbocycles. The van der Waals surface area contributed by atoms with Crippen molar-refractivity contribution in [2.75, 3.05) is 13.2 Å². The summed E-state index contributed by atoms with van der Waals surface area (Å²) in [5.41, 5.74) is 3.52. The van der Waals surface area contributed by atoms with Crippen molar-refractivity contribution < 1.29 is 24.2 Å². The fourth-order valence-corrected chi connectivity index (χ4v) is 3.29. The van der Waals surface area contributed by atoms with Crippen LogP contribution in [0.4, 0.5) is 0 Å². The molecule has 0 aromatic heterocycles. The molecule has 0 unspecified atom stereocenters. The first-order chi connectivity index (χ1) is 15.3. The van der Waals surface area contributed by atoms with Crippen molar-refractivity contribution in [2.24, 2.45) is 11.8 Å². The minimum absolute atomic E-state index is 0.265. The first kappa shape index (κ1) is 28.9. The molecule has 2 aromatic rings. The Kier molecular flexibility index (Phi) is 11.3. The Morgan fingerprint density at radius 3 is 1.61 bits per heavy atom. The third-order valence-electron chi connectivity index (χ3n) is 5.05. The van der Waals surface area contributed by atoms with Gasteiger partial charge in [-0.2, -0.15) is 0 Å². The van der Waals surface area contributed by atoms with Crippen LogP contribution in [0.1, 0.15) is 55.5 Å². The van der Waals surface area contributed by atoms with E-state index in [2.05, 4.69) is 48.0 Å². The lowest BCUT2D eigenvalue weighted by Gasteiger charge is -2.30. The number of aliphatic hydroxyl groups is 1. The Morgan fingerprint density at radius 2 is 1.24 bits per heavy atom. The topological polar surface area (TPSA) is 72.8 Å². The van der Waals surface area contributed by atoms with Crippen LogP contribution in [0, 0.1) is 39.5 Å². The van der Waals surface area contributed by atoms with Crippen LogP contribution in [-0.2, 0) is 24.7 Å². The van der Waals surface area contributed by atoms with Gasteiger partial charge in [0.1, 0.15) is 13.2 Å². The van der Waals surface area contributed by atoms with Gasteiger partial charge in [-0.1, -0.05) is 85.1 Å². The molecular formula is C27H37BrO5. The summed E-state index contributed by atoms with van der Waals surface area (Å²) in [6.07, 6.45) is 0. The van der Waals surface area contributed by atoms with Crippen LogP contribution >= 0.6 is 15.9 Å². The zero-order chi connectivity index (χ0) is 25.3. The highest BCUT2D eigenvalue weighted by atomic mass is 79.9. The van der Waals surface area contributed by atoms with E-state index in [1.165, 1.54) is 15.6 Å². The third kappa shape index (κ3) is 9.30. The quantitative estimate of drug-likeness (QED) is 0.456. The van der Waals surface area contributed by atoms with E-state index in [0.717, 1.165) is 11.1 Å². The summed E-state index contributed by atoms with van der Waals surface area (Å²) in [4.78, 5) is 23.5. The number of rotatable bonds is 7. The number of hydrogen-bond donors (Lipinski definition) is 1. The second-order valence-corrected chi connectivity index (χ2v) is 9.98. The van der Waals surface area contributed by atoms with Gasteiger partial charge >= 0.3 is 11.9 Å². The molecule has 0 amide bonds. The molecular weight excluding hydrogens is 484 g/mol. The Bertz CT molecular complexity index is 926. The number of ether oxygens (including phenoxy) is 2. The Labute approximate surface area is 206 Å². The van der Waals surface area contributed by atoms with E-state index in [1.54, 1.807) is 33.8 Å². The standard InChI is InChI=1S/C19H28O5.C8H9Br/c1-12(2)17(20)23-10-19(22,11-24-18(21)13(3)4)16-8-7-14(5)9-15(16)6;1-6-3-4-8(9)7(2)5-6/h7-9,12-13,22H,10-11H2,1-6H3;3-5H,1-2H3. The highest BCUT2D eigenvalue weighted by Gasteiger charge is 2.35. The van der Waals surface area contributed by atoms with E-state index in [-0.39, 0.29) is 25.0 Å². The lowest BCUT2D eigenvalue weighted by Crippen LogP contribution is -2.40. The molecule has 0 aliphatic heterocycles. The maximum Gasteiger partial charge on any atom is 0.308 e. The van der Waals surface area contributed by atoms with Crippen molar-refractivity contribution in [3.05, 3.63) is 68.7 Å². The molecule has 0 atom stereocenters. The molecule has 5 nitrogen and oxygen atoms in total. The van der Waals surface area contributed by atoms with Crippen LogP contribution in [0.15, 0.2) is 40.9 Å². The predicted octanol–water partition coefficient (Wildman–Crippen LogP) is 5.96. The highest BCUT2D eigenvalue weighted by Crippen LogP contribution is 2.27. The first-order valence-corrected chi connectivity index (χ1v) is 11.9. The monoisotopic (exact) mass is 520 g/mol. The molecule has 0 radical (unpaired) electrons. The summed E-state index contributed by atoms with van der Waals surface area (Å²) in [7, 11) is 0. The van der Waals surface area contributed by atoms with E-state index in [1.807, 2.05) is 26.0 Å². The van der Waals surface area contributed by atoms with Gasteiger partial charge < -0.3 is 14.6 Å². The zero-order valence-electron chi connectivity index (χ0n) is 21.0. The molecule has 33 heavy (non-hydrogen) atoms. The molecule has 0 spiro atoms. The summed E-state index contributed by atoms with van der Waals surface area (Å²) in [6.45, 7) is 14.4. The molecule has 0 saturated heterocycles. The molecule has 0 aliphatic rings. The number of halogens is 1. The number of aryl methyl sites for hydroxylation is 4. The molecule has 2 aromatic carbocycles. The Balaban J connectivity index is 0.000000502. The van der Waals surface area contributed by atoms with Gasteiger partial charge in [0.15, 0.2) is 5.60 Å². The maximum atomic E-state index is 11.8. The zero-order valence-corrected chi connectivity index (χ0v) is 22.6. The van der Waals surface area contributed by atoms with Gasteiger partial charge in [0, 0.05) is 4.47 Å². The summed E-state index contributed by atoms with van der Waals surface area (Å²) in [5, 5.41) is 11.1. The van der Waals surface area contributed by atoms with Crippen molar-refractivity contribution in [1.82, 2.24) is 0 Å². The molecule has 0 heterocycles. The van der Waals surface area contributed by atoms with Crippen molar-refractivity contribution in [2.45, 2.75) is 61.0 Å². The number of carbonyl (C=O) groups is 2. The van der Waals surface area contributed by atoms with Gasteiger partial charge in [-0.05, 0) is 50.5 Å². The van der Waals surface area contributed by atoms with Crippen molar-refractivity contribution in [3.63, 3.8) is 0 Å². The third-order valence-corrected chi connectivity index (χ3v) is 5.94. The van der Waals surface area contributed by atoms with Gasteiger partial charge in [-0.25, -0.2) is 0 Å². The predicted molar refractivity (Wildman–Crippen MR) is 135 cm³/mol. The average molecular weight is 521 g/mol. The van der Waals surface area contributed by atoms with Crippen molar-refractivity contribution >= 4 is 27.9 Å². The van der Waals surface area contributed by atoms with Gasteiger partial charge in [0.2, 0.25) is 0 Å².